The first-order valence-corrected chi connectivity index (χ1v) is 5.42. The zero-order chi connectivity index (χ0) is 11.1. The molecule has 0 radical (unpaired) electrons. The molecule has 0 unspecified atom stereocenters. The zero-order valence-electron chi connectivity index (χ0n) is 8.77. The summed E-state index contributed by atoms with van der Waals surface area (Å²) in [6.45, 7) is 1.37. The first kappa shape index (κ1) is 9.38. The number of nitrogens with one attached hydrogen (secondary N) is 1. The molecule has 1 aromatic heterocycles. The molecule has 2 aliphatic rings. The van der Waals surface area contributed by atoms with Crippen LogP contribution in [-0.4, -0.2) is 28.3 Å². The lowest BCUT2D eigenvalue weighted by Gasteiger charge is -2.25. The summed E-state index contributed by atoms with van der Waals surface area (Å²) in [7, 11) is 0. The lowest BCUT2D eigenvalue weighted by molar-refractivity contribution is -0.120. The Kier molecular flexibility index (Phi) is 1.95. The Bertz CT molecular complexity index is 465. The number of fused-ring (bicyclic) bond motifs is 1. The molecule has 84 valence electrons. The maximum atomic E-state index is 11.7. The molecule has 16 heavy (non-hydrogen) atoms. The third kappa shape index (κ3) is 1.30. The quantitative estimate of drug-likeness (QED) is 0.739. The van der Waals surface area contributed by atoms with E-state index in [-0.39, 0.29) is 11.9 Å². The van der Waals surface area contributed by atoms with Crippen LogP contribution >= 0.6 is 0 Å². The number of carbonyl (C=O) groups excluding carboxylic acids is 2. The maximum Gasteiger partial charge on any atom is 0.328 e. The van der Waals surface area contributed by atoms with E-state index in [4.69, 9.17) is 0 Å². The predicted octanol–water partition coefficient (Wildman–Crippen LogP) is 0.276. The smallest absolute Gasteiger partial charge is 0.290 e. The summed E-state index contributed by atoms with van der Waals surface area (Å²) in [5.41, 5.74) is 1.95. The standard InChI is InChI=1S/C10H12N4O2/c15-9-3-5-13(10(16)12-9)8-6-11-14-4-1-2-7(8)14/h6H,1-5H2,(H,12,15,16). The Morgan fingerprint density at radius 1 is 1.25 bits per heavy atom. The van der Waals surface area contributed by atoms with E-state index in [2.05, 4.69) is 10.4 Å². The van der Waals surface area contributed by atoms with Gasteiger partial charge in [-0.05, 0) is 12.8 Å². The number of carbonyl (C=O) groups is 2. The fourth-order valence-corrected chi connectivity index (χ4v) is 2.27. The largest absolute Gasteiger partial charge is 0.328 e. The van der Waals surface area contributed by atoms with Crippen molar-refractivity contribution >= 4 is 17.6 Å². The highest BCUT2D eigenvalue weighted by molar-refractivity contribution is 6.05. The van der Waals surface area contributed by atoms with Crippen LogP contribution in [0, 0.1) is 0 Å². The molecule has 3 amide bonds. The maximum absolute atomic E-state index is 11.7. The summed E-state index contributed by atoms with van der Waals surface area (Å²) in [6, 6.07) is -0.334. The first-order valence-electron chi connectivity index (χ1n) is 5.42. The number of hydrogen-bond acceptors (Lipinski definition) is 3. The Morgan fingerprint density at radius 3 is 2.94 bits per heavy atom. The number of anilines is 1. The van der Waals surface area contributed by atoms with Gasteiger partial charge in [-0.3, -0.25) is 19.7 Å². The minimum Gasteiger partial charge on any atom is -0.290 e. The summed E-state index contributed by atoms with van der Waals surface area (Å²) >= 11 is 0. The Morgan fingerprint density at radius 2 is 2.12 bits per heavy atom. The molecule has 0 aromatic carbocycles. The molecule has 6 nitrogen and oxygen atoms in total. The monoisotopic (exact) mass is 220 g/mol. The van der Waals surface area contributed by atoms with Crippen molar-refractivity contribution in [2.24, 2.45) is 0 Å². The second kappa shape index (κ2) is 3.33. The molecule has 6 heteroatoms. The molecule has 2 aliphatic heterocycles. The van der Waals surface area contributed by atoms with Gasteiger partial charge in [-0.2, -0.15) is 5.10 Å². The van der Waals surface area contributed by atoms with Crippen LogP contribution in [-0.2, 0) is 17.8 Å². The van der Waals surface area contributed by atoms with Crippen molar-refractivity contribution in [1.82, 2.24) is 15.1 Å². The van der Waals surface area contributed by atoms with Gasteiger partial charge in [0.15, 0.2) is 0 Å². The number of rotatable bonds is 1. The summed E-state index contributed by atoms with van der Waals surface area (Å²) in [5, 5.41) is 6.56. The van der Waals surface area contributed by atoms with Gasteiger partial charge in [0, 0.05) is 19.5 Å². The van der Waals surface area contributed by atoms with Gasteiger partial charge in [0.2, 0.25) is 5.91 Å². The molecular formula is C10H12N4O2. The summed E-state index contributed by atoms with van der Waals surface area (Å²) in [4.78, 5) is 24.3. The van der Waals surface area contributed by atoms with Gasteiger partial charge in [0.1, 0.15) is 0 Å². The van der Waals surface area contributed by atoms with Gasteiger partial charge in [-0.15, -0.1) is 0 Å². The first-order chi connectivity index (χ1) is 7.75. The average molecular weight is 220 g/mol. The van der Waals surface area contributed by atoms with E-state index in [9.17, 15) is 9.59 Å². The molecule has 1 saturated heterocycles. The Labute approximate surface area is 92.2 Å². The molecule has 0 saturated carbocycles. The lowest BCUT2D eigenvalue weighted by atomic mass is 10.2. The Hall–Kier alpha value is -1.85. The number of imide groups is 1. The highest BCUT2D eigenvalue weighted by Crippen LogP contribution is 2.27. The summed E-state index contributed by atoms with van der Waals surface area (Å²) in [5.74, 6) is -0.204. The third-order valence-corrected chi connectivity index (χ3v) is 3.05. The van der Waals surface area contributed by atoms with Crippen LogP contribution < -0.4 is 10.2 Å². The fraction of sp³-hybridized carbons (Fsp3) is 0.500. The van der Waals surface area contributed by atoms with E-state index in [0.717, 1.165) is 30.8 Å². The van der Waals surface area contributed by atoms with Crippen molar-refractivity contribution in [2.75, 3.05) is 11.4 Å². The van der Waals surface area contributed by atoms with Gasteiger partial charge in [-0.25, -0.2) is 4.79 Å². The second-order valence-corrected chi connectivity index (χ2v) is 4.06. The lowest BCUT2D eigenvalue weighted by Crippen LogP contribution is -2.49. The fourth-order valence-electron chi connectivity index (χ4n) is 2.27. The second-order valence-electron chi connectivity index (χ2n) is 4.06. The van der Waals surface area contributed by atoms with Gasteiger partial charge >= 0.3 is 6.03 Å². The molecule has 1 fully saturated rings. The number of nitrogens with zero attached hydrogens (tertiary/aromatic N) is 3. The van der Waals surface area contributed by atoms with Crippen molar-refractivity contribution in [2.45, 2.75) is 25.8 Å². The molecule has 1 N–H and O–H groups in total. The van der Waals surface area contributed by atoms with Crippen molar-refractivity contribution in [1.29, 1.82) is 0 Å². The average Bonchev–Trinajstić information content (AvgIpc) is 2.80. The minimum absolute atomic E-state index is 0.204. The molecule has 1 aromatic rings. The van der Waals surface area contributed by atoms with Crippen LogP contribution in [0.3, 0.4) is 0 Å². The SMILES string of the molecule is O=C1CCN(c2cnn3c2CCC3)C(=O)N1. The third-order valence-electron chi connectivity index (χ3n) is 3.05. The number of aryl methyl sites for hydroxylation is 1. The van der Waals surface area contributed by atoms with E-state index in [1.807, 2.05) is 4.68 Å². The van der Waals surface area contributed by atoms with Crippen LogP contribution in [0.25, 0.3) is 0 Å². The van der Waals surface area contributed by atoms with Crippen molar-refractivity contribution in [3.8, 4) is 0 Å². The van der Waals surface area contributed by atoms with E-state index in [0.29, 0.717) is 13.0 Å². The normalized spacial score (nSPS) is 19.9. The molecule has 0 atom stereocenters. The van der Waals surface area contributed by atoms with Crippen molar-refractivity contribution < 1.29 is 9.59 Å². The van der Waals surface area contributed by atoms with Gasteiger partial charge in [0.25, 0.3) is 0 Å². The molecule has 3 heterocycles. The molecule has 0 aliphatic carbocycles. The zero-order valence-corrected chi connectivity index (χ0v) is 8.77. The number of amides is 3. The predicted molar refractivity (Wildman–Crippen MR) is 56.0 cm³/mol. The van der Waals surface area contributed by atoms with E-state index < -0.39 is 0 Å². The molecule has 0 spiro atoms. The van der Waals surface area contributed by atoms with Crippen LogP contribution in [0.1, 0.15) is 18.5 Å². The van der Waals surface area contributed by atoms with E-state index >= 15 is 0 Å². The van der Waals surface area contributed by atoms with Crippen molar-refractivity contribution in [3.63, 3.8) is 0 Å². The highest BCUT2D eigenvalue weighted by Gasteiger charge is 2.29. The molecular weight excluding hydrogens is 208 g/mol. The highest BCUT2D eigenvalue weighted by atomic mass is 16.2. The minimum atomic E-state index is -0.334. The van der Waals surface area contributed by atoms with Crippen LogP contribution in [0.5, 0.6) is 0 Å². The van der Waals surface area contributed by atoms with Gasteiger partial charge < -0.3 is 0 Å². The topological polar surface area (TPSA) is 67.2 Å². The van der Waals surface area contributed by atoms with Crippen LogP contribution in [0.15, 0.2) is 6.20 Å². The summed E-state index contributed by atoms with van der Waals surface area (Å²) < 4.78 is 1.93. The Balaban J connectivity index is 1.92. The molecule has 0 bridgehead atoms. The molecule has 3 rings (SSSR count). The van der Waals surface area contributed by atoms with Crippen LogP contribution in [0.4, 0.5) is 10.5 Å². The van der Waals surface area contributed by atoms with Crippen molar-refractivity contribution in [3.05, 3.63) is 11.9 Å². The number of urea groups is 1. The van der Waals surface area contributed by atoms with Gasteiger partial charge in [-0.1, -0.05) is 0 Å². The summed E-state index contributed by atoms with van der Waals surface area (Å²) in [6.07, 6.45) is 4.10. The van der Waals surface area contributed by atoms with Crippen LogP contribution in [0.2, 0.25) is 0 Å². The van der Waals surface area contributed by atoms with E-state index in [1.165, 1.54) is 0 Å². The number of hydrogen-bond donors (Lipinski definition) is 1. The van der Waals surface area contributed by atoms with E-state index in [1.54, 1.807) is 11.1 Å². The van der Waals surface area contributed by atoms with Gasteiger partial charge in [0.05, 0.1) is 17.6 Å². The number of aromatic nitrogens is 2.